The highest BCUT2D eigenvalue weighted by Crippen LogP contribution is 2.41. The highest BCUT2D eigenvalue weighted by atomic mass is 35.5. The highest BCUT2D eigenvalue weighted by molar-refractivity contribution is 7.16. The van der Waals surface area contributed by atoms with Crippen LogP contribution in [0, 0.1) is 11.3 Å². The minimum atomic E-state index is 0.423. The average molecular weight is 301 g/mol. The van der Waals surface area contributed by atoms with Gasteiger partial charge in [0, 0.05) is 24.0 Å². The number of rotatable bonds is 5. The van der Waals surface area contributed by atoms with E-state index in [0.717, 1.165) is 23.3 Å². The second-order valence-electron chi connectivity index (χ2n) is 6.46. The summed E-state index contributed by atoms with van der Waals surface area (Å²) in [6.07, 6.45) is 2.65. The Balaban J connectivity index is 1.90. The molecule has 19 heavy (non-hydrogen) atoms. The molecule has 1 N–H and O–H groups in total. The van der Waals surface area contributed by atoms with E-state index < -0.39 is 0 Å². The lowest BCUT2D eigenvalue weighted by Crippen LogP contribution is -2.43. The molecule has 0 bridgehead atoms. The third-order valence-corrected chi connectivity index (χ3v) is 5.60. The summed E-state index contributed by atoms with van der Waals surface area (Å²) in [4.78, 5) is 3.78. The minimum absolute atomic E-state index is 0.423. The van der Waals surface area contributed by atoms with E-state index in [9.17, 15) is 0 Å². The molecule has 2 unspecified atom stereocenters. The fraction of sp³-hybridized carbons (Fsp3) is 0.733. The van der Waals surface area contributed by atoms with E-state index in [1.54, 1.807) is 11.3 Å². The van der Waals surface area contributed by atoms with Crippen molar-refractivity contribution in [1.29, 1.82) is 0 Å². The van der Waals surface area contributed by atoms with Gasteiger partial charge in [0.1, 0.15) is 0 Å². The normalized spacial score (nSPS) is 26.2. The fourth-order valence-corrected chi connectivity index (χ4v) is 4.68. The molecule has 1 saturated carbocycles. The van der Waals surface area contributed by atoms with Crippen LogP contribution in [-0.2, 0) is 6.54 Å². The standard InChI is InChI=1S/C15H25ClN2S/c1-15(2)8-7-11(14(15)17-3)9-18(4)10-12-5-6-13(16)19-12/h5-6,11,14,17H,7-10H2,1-4H3. The summed E-state index contributed by atoms with van der Waals surface area (Å²) in [6, 6.07) is 4.75. The van der Waals surface area contributed by atoms with Gasteiger partial charge in [-0.25, -0.2) is 0 Å². The zero-order valence-electron chi connectivity index (χ0n) is 12.4. The van der Waals surface area contributed by atoms with Gasteiger partial charge in [0.25, 0.3) is 0 Å². The summed E-state index contributed by atoms with van der Waals surface area (Å²) in [7, 11) is 4.31. The first kappa shape index (κ1) is 15.3. The molecule has 2 nitrogen and oxygen atoms in total. The molecule has 1 aromatic rings. The largest absolute Gasteiger partial charge is 0.316 e. The van der Waals surface area contributed by atoms with Crippen molar-refractivity contribution in [2.75, 3.05) is 20.6 Å². The third-order valence-electron chi connectivity index (χ3n) is 4.38. The van der Waals surface area contributed by atoms with Gasteiger partial charge < -0.3 is 10.2 Å². The number of nitrogens with zero attached hydrogens (tertiary/aromatic N) is 1. The Hall–Kier alpha value is -0.0900. The Labute approximate surface area is 126 Å². The second kappa shape index (κ2) is 6.13. The van der Waals surface area contributed by atoms with Crippen molar-refractivity contribution in [3.05, 3.63) is 21.3 Å². The molecule has 2 atom stereocenters. The van der Waals surface area contributed by atoms with Crippen molar-refractivity contribution in [3.63, 3.8) is 0 Å². The summed E-state index contributed by atoms with van der Waals surface area (Å²) in [5, 5.41) is 3.53. The lowest BCUT2D eigenvalue weighted by molar-refractivity contribution is 0.208. The van der Waals surface area contributed by atoms with Gasteiger partial charge in [0.05, 0.1) is 4.34 Å². The van der Waals surface area contributed by atoms with Gasteiger partial charge in [-0.15, -0.1) is 11.3 Å². The molecule has 1 fully saturated rings. The highest BCUT2D eigenvalue weighted by Gasteiger charge is 2.40. The maximum atomic E-state index is 5.99. The van der Waals surface area contributed by atoms with Crippen molar-refractivity contribution >= 4 is 22.9 Å². The second-order valence-corrected chi connectivity index (χ2v) is 8.26. The van der Waals surface area contributed by atoms with Crippen molar-refractivity contribution in [2.24, 2.45) is 11.3 Å². The molecule has 1 aromatic heterocycles. The van der Waals surface area contributed by atoms with Gasteiger partial charge >= 0.3 is 0 Å². The van der Waals surface area contributed by atoms with Gasteiger partial charge in [0.2, 0.25) is 0 Å². The summed E-state index contributed by atoms with van der Waals surface area (Å²) in [5.41, 5.74) is 0.423. The molecule has 2 rings (SSSR count). The molecular formula is C15H25ClN2S. The minimum Gasteiger partial charge on any atom is -0.316 e. The van der Waals surface area contributed by atoms with Crippen LogP contribution in [0.2, 0.25) is 4.34 Å². The Kier molecular flexibility index (Phi) is 4.93. The first-order valence-corrected chi connectivity index (χ1v) is 8.22. The van der Waals surface area contributed by atoms with E-state index >= 15 is 0 Å². The molecule has 0 radical (unpaired) electrons. The smallest absolute Gasteiger partial charge is 0.0931 e. The molecule has 108 valence electrons. The van der Waals surface area contributed by atoms with Gasteiger partial charge in [-0.05, 0) is 50.4 Å². The maximum absolute atomic E-state index is 5.99. The number of halogens is 1. The molecule has 4 heteroatoms. The molecule has 0 aromatic carbocycles. The SMILES string of the molecule is CNC1C(CN(C)Cc2ccc(Cl)s2)CCC1(C)C. The van der Waals surface area contributed by atoms with Gasteiger partial charge in [-0.3, -0.25) is 0 Å². The Morgan fingerprint density at radius 1 is 1.47 bits per heavy atom. The molecule has 1 heterocycles. The zero-order valence-corrected chi connectivity index (χ0v) is 13.9. The first-order valence-electron chi connectivity index (χ1n) is 7.02. The third kappa shape index (κ3) is 3.72. The summed E-state index contributed by atoms with van der Waals surface area (Å²) >= 11 is 7.68. The first-order chi connectivity index (χ1) is 8.92. The van der Waals surface area contributed by atoms with Crippen LogP contribution in [0.4, 0.5) is 0 Å². The maximum Gasteiger partial charge on any atom is 0.0931 e. The quantitative estimate of drug-likeness (QED) is 0.888. The van der Waals surface area contributed by atoms with Gasteiger partial charge in [-0.2, -0.15) is 0 Å². The van der Waals surface area contributed by atoms with E-state index in [4.69, 9.17) is 11.6 Å². The van der Waals surface area contributed by atoms with E-state index in [1.807, 2.05) is 6.07 Å². The summed E-state index contributed by atoms with van der Waals surface area (Å²) in [6.45, 7) is 6.93. The van der Waals surface area contributed by atoms with Crippen LogP contribution in [0.25, 0.3) is 0 Å². The molecule has 1 aliphatic rings. The van der Waals surface area contributed by atoms with E-state index in [1.165, 1.54) is 17.7 Å². The lowest BCUT2D eigenvalue weighted by Gasteiger charge is -2.32. The Morgan fingerprint density at radius 3 is 2.79 bits per heavy atom. The van der Waals surface area contributed by atoms with Crippen LogP contribution in [0.5, 0.6) is 0 Å². The Morgan fingerprint density at radius 2 is 2.21 bits per heavy atom. The molecule has 0 saturated heterocycles. The number of hydrogen-bond acceptors (Lipinski definition) is 3. The number of hydrogen-bond donors (Lipinski definition) is 1. The lowest BCUT2D eigenvalue weighted by atomic mass is 9.85. The molecular weight excluding hydrogens is 276 g/mol. The van der Waals surface area contributed by atoms with Crippen molar-refractivity contribution in [1.82, 2.24) is 10.2 Å². The number of thiophene rings is 1. The van der Waals surface area contributed by atoms with E-state index in [2.05, 4.69) is 44.2 Å². The molecule has 1 aliphatic carbocycles. The van der Waals surface area contributed by atoms with Crippen molar-refractivity contribution in [3.8, 4) is 0 Å². The van der Waals surface area contributed by atoms with Crippen LogP contribution in [0.3, 0.4) is 0 Å². The Bertz CT molecular complexity index is 416. The fourth-order valence-electron chi connectivity index (χ4n) is 3.51. The topological polar surface area (TPSA) is 15.3 Å². The molecule has 0 spiro atoms. The van der Waals surface area contributed by atoms with Crippen LogP contribution in [0.15, 0.2) is 12.1 Å². The average Bonchev–Trinajstić information content (AvgIpc) is 2.83. The predicted octanol–water partition coefficient (Wildman–Crippen LogP) is 3.86. The van der Waals surface area contributed by atoms with E-state index in [-0.39, 0.29) is 0 Å². The van der Waals surface area contributed by atoms with Crippen molar-refractivity contribution in [2.45, 2.75) is 39.3 Å². The van der Waals surface area contributed by atoms with Gasteiger partial charge in [-0.1, -0.05) is 25.4 Å². The van der Waals surface area contributed by atoms with Crippen LogP contribution in [-0.4, -0.2) is 31.6 Å². The number of nitrogens with one attached hydrogen (secondary N) is 1. The van der Waals surface area contributed by atoms with Crippen LogP contribution in [0.1, 0.15) is 31.6 Å². The van der Waals surface area contributed by atoms with Crippen LogP contribution < -0.4 is 5.32 Å². The van der Waals surface area contributed by atoms with E-state index in [0.29, 0.717) is 11.5 Å². The van der Waals surface area contributed by atoms with Crippen molar-refractivity contribution < 1.29 is 0 Å². The van der Waals surface area contributed by atoms with Gasteiger partial charge in [0.15, 0.2) is 0 Å². The predicted molar refractivity (Wildman–Crippen MR) is 85.0 cm³/mol. The molecule has 0 amide bonds. The zero-order chi connectivity index (χ0) is 14.0. The van der Waals surface area contributed by atoms with Crippen LogP contribution >= 0.6 is 22.9 Å². The molecule has 0 aliphatic heterocycles. The summed E-state index contributed by atoms with van der Waals surface area (Å²) < 4.78 is 0.888. The monoisotopic (exact) mass is 300 g/mol. The summed E-state index contributed by atoms with van der Waals surface area (Å²) in [5.74, 6) is 0.750.